The minimum Gasteiger partial charge on any atom is -0.273 e. The molecule has 0 unspecified atom stereocenters. The van der Waals surface area contributed by atoms with Gasteiger partial charge in [0, 0.05) is 10.6 Å². The fraction of sp³-hybridized carbons (Fsp3) is 0.0526. The van der Waals surface area contributed by atoms with Crippen molar-refractivity contribution in [3.05, 3.63) is 81.8 Å². The lowest BCUT2D eigenvalue weighted by atomic mass is 10.0. The maximum atomic E-state index is 12.1. The van der Waals surface area contributed by atoms with Gasteiger partial charge in [0.05, 0.1) is 17.7 Å². The number of carbonyl (C=O) groups excluding carboxylic acids is 1. The van der Waals surface area contributed by atoms with Gasteiger partial charge < -0.3 is 0 Å². The Morgan fingerprint density at radius 3 is 2.67 bits per heavy atom. The summed E-state index contributed by atoms with van der Waals surface area (Å²) >= 11 is 11.9. The van der Waals surface area contributed by atoms with Crippen LogP contribution in [0.15, 0.2) is 65.8 Å². The summed E-state index contributed by atoms with van der Waals surface area (Å²) in [6.07, 6.45) is 1.76. The average Bonchev–Trinajstić information content (AvgIpc) is 2.57. The molecule has 0 bridgehead atoms. The van der Waals surface area contributed by atoms with E-state index in [2.05, 4.69) is 10.5 Å². The summed E-state index contributed by atoms with van der Waals surface area (Å²) in [6, 6.07) is 19.0. The Morgan fingerprint density at radius 2 is 1.83 bits per heavy atom. The molecule has 0 saturated carbocycles. The molecule has 0 saturated heterocycles. The molecule has 3 aromatic rings. The van der Waals surface area contributed by atoms with Gasteiger partial charge >= 0.3 is 0 Å². The topological polar surface area (TPSA) is 41.5 Å². The molecule has 120 valence electrons. The zero-order valence-corrected chi connectivity index (χ0v) is 14.2. The Hall–Kier alpha value is -2.36. The predicted octanol–water partition coefficient (Wildman–Crippen LogP) is 4.84. The number of hydrogen-bond acceptors (Lipinski definition) is 2. The fourth-order valence-electron chi connectivity index (χ4n) is 2.44. The molecule has 0 fully saturated rings. The maximum absolute atomic E-state index is 12.1. The van der Waals surface area contributed by atoms with Crippen LogP contribution >= 0.6 is 23.2 Å². The summed E-state index contributed by atoms with van der Waals surface area (Å²) in [5.41, 5.74) is 4.17. The van der Waals surface area contributed by atoms with E-state index in [1.54, 1.807) is 18.2 Å². The summed E-state index contributed by atoms with van der Waals surface area (Å²) in [6.45, 7) is 0. The van der Waals surface area contributed by atoms with Crippen molar-refractivity contribution in [1.82, 2.24) is 5.43 Å². The smallest absolute Gasteiger partial charge is 0.244 e. The van der Waals surface area contributed by atoms with Crippen LogP contribution in [0.1, 0.15) is 11.1 Å². The van der Waals surface area contributed by atoms with Crippen LogP contribution in [-0.2, 0) is 11.2 Å². The number of halogens is 2. The highest BCUT2D eigenvalue weighted by Crippen LogP contribution is 2.20. The predicted molar refractivity (Wildman–Crippen MR) is 99.9 cm³/mol. The largest absolute Gasteiger partial charge is 0.273 e. The Balaban J connectivity index is 1.68. The van der Waals surface area contributed by atoms with Gasteiger partial charge in [-0.15, -0.1) is 0 Å². The van der Waals surface area contributed by atoms with E-state index in [9.17, 15) is 4.79 Å². The third-order valence-corrected chi connectivity index (χ3v) is 4.15. The van der Waals surface area contributed by atoms with E-state index in [-0.39, 0.29) is 12.3 Å². The first-order chi connectivity index (χ1) is 11.6. The zero-order valence-electron chi connectivity index (χ0n) is 12.7. The lowest BCUT2D eigenvalue weighted by molar-refractivity contribution is -0.120. The second kappa shape index (κ2) is 7.47. The van der Waals surface area contributed by atoms with Crippen LogP contribution in [-0.4, -0.2) is 12.1 Å². The molecule has 24 heavy (non-hydrogen) atoms. The number of hydrogen-bond donors (Lipinski definition) is 1. The van der Waals surface area contributed by atoms with Gasteiger partial charge in [-0.05, 0) is 28.5 Å². The summed E-state index contributed by atoms with van der Waals surface area (Å²) in [5, 5.41) is 7.17. The summed E-state index contributed by atoms with van der Waals surface area (Å²) in [7, 11) is 0. The van der Waals surface area contributed by atoms with Crippen molar-refractivity contribution in [3.63, 3.8) is 0 Å². The van der Waals surface area contributed by atoms with Gasteiger partial charge in [0.1, 0.15) is 0 Å². The van der Waals surface area contributed by atoms with Crippen LogP contribution in [0.3, 0.4) is 0 Å². The van der Waals surface area contributed by atoms with Crippen molar-refractivity contribution in [2.24, 2.45) is 5.10 Å². The first kappa shape index (κ1) is 16.5. The van der Waals surface area contributed by atoms with Crippen LogP contribution in [0.2, 0.25) is 10.0 Å². The van der Waals surface area contributed by atoms with Crippen LogP contribution in [0.4, 0.5) is 0 Å². The second-order valence-electron chi connectivity index (χ2n) is 5.27. The van der Waals surface area contributed by atoms with Crippen molar-refractivity contribution >= 4 is 46.1 Å². The SMILES string of the molecule is O=C(Cc1cccc2ccccc12)N/N=C\c1ccc(Cl)cc1Cl. The van der Waals surface area contributed by atoms with E-state index in [1.807, 2.05) is 42.5 Å². The molecule has 0 spiro atoms. The third-order valence-electron chi connectivity index (χ3n) is 3.59. The van der Waals surface area contributed by atoms with Crippen LogP contribution < -0.4 is 5.43 Å². The van der Waals surface area contributed by atoms with Gasteiger partial charge in [-0.25, -0.2) is 5.43 Å². The zero-order chi connectivity index (χ0) is 16.9. The minimum atomic E-state index is -0.187. The number of hydrazone groups is 1. The Morgan fingerprint density at radius 1 is 1.04 bits per heavy atom. The molecular weight excluding hydrogens is 343 g/mol. The van der Waals surface area contributed by atoms with Gasteiger partial charge in [0.15, 0.2) is 0 Å². The number of nitrogens with zero attached hydrogens (tertiary/aromatic N) is 1. The number of rotatable bonds is 4. The summed E-state index contributed by atoms with van der Waals surface area (Å²) < 4.78 is 0. The Labute approximate surface area is 149 Å². The normalized spacial score (nSPS) is 11.1. The van der Waals surface area contributed by atoms with Gasteiger partial charge in [-0.3, -0.25) is 4.79 Å². The average molecular weight is 357 g/mol. The molecular formula is C19H14Cl2N2O. The van der Waals surface area contributed by atoms with Crippen LogP contribution in [0.5, 0.6) is 0 Å². The van der Waals surface area contributed by atoms with E-state index >= 15 is 0 Å². The van der Waals surface area contributed by atoms with Crippen molar-refractivity contribution in [2.75, 3.05) is 0 Å². The number of carbonyl (C=O) groups is 1. The first-order valence-electron chi connectivity index (χ1n) is 7.37. The van der Waals surface area contributed by atoms with Crippen molar-refractivity contribution in [2.45, 2.75) is 6.42 Å². The standard InChI is InChI=1S/C19H14Cl2N2O/c20-16-9-8-15(18(21)11-16)12-22-23-19(24)10-14-6-3-5-13-4-1-2-7-17(13)14/h1-9,11-12H,10H2,(H,23,24)/b22-12-. The molecule has 0 aliphatic rings. The second-order valence-corrected chi connectivity index (χ2v) is 6.12. The van der Waals surface area contributed by atoms with Gasteiger partial charge in [-0.2, -0.15) is 5.10 Å². The Bertz CT molecular complexity index is 917. The lowest BCUT2D eigenvalue weighted by Gasteiger charge is -2.05. The number of amides is 1. The Kier molecular flexibility index (Phi) is 5.14. The number of nitrogens with one attached hydrogen (secondary N) is 1. The molecule has 3 aromatic carbocycles. The summed E-state index contributed by atoms with van der Waals surface area (Å²) in [4.78, 5) is 12.1. The van der Waals surface area contributed by atoms with Crippen LogP contribution in [0, 0.1) is 0 Å². The molecule has 3 rings (SSSR count). The molecule has 0 aromatic heterocycles. The molecule has 0 aliphatic carbocycles. The quantitative estimate of drug-likeness (QED) is 0.527. The minimum absolute atomic E-state index is 0.187. The molecule has 0 atom stereocenters. The fourth-order valence-corrected chi connectivity index (χ4v) is 2.90. The maximum Gasteiger partial charge on any atom is 0.244 e. The van der Waals surface area contributed by atoms with Gasteiger partial charge in [0.25, 0.3) is 0 Å². The highest BCUT2D eigenvalue weighted by molar-refractivity contribution is 6.36. The van der Waals surface area contributed by atoms with Gasteiger partial charge in [0.2, 0.25) is 5.91 Å². The molecule has 0 heterocycles. The molecule has 0 radical (unpaired) electrons. The molecule has 0 aliphatic heterocycles. The van der Waals surface area contributed by atoms with E-state index in [1.165, 1.54) is 6.21 Å². The third kappa shape index (κ3) is 3.94. The van der Waals surface area contributed by atoms with E-state index < -0.39 is 0 Å². The van der Waals surface area contributed by atoms with E-state index in [4.69, 9.17) is 23.2 Å². The highest BCUT2D eigenvalue weighted by atomic mass is 35.5. The van der Waals surface area contributed by atoms with Crippen LogP contribution in [0.25, 0.3) is 10.8 Å². The lowest BCUT2D eigenvalue weighted by Crippen LogP contribution is -2.19. The monoisotopic (exact) mass is 356 g/mol. The van der Waals surface area contributed by atoms with Crippen molar-refractivity contribution in [1.29, 1.82) is 0 Å². The number of fused-ring (bicyclic) bond motifs is 1. The molecule has 5 heteroatoms. The van der Waals surface area contributed by atoms with Crippen molar-refractivity contribution < 1.29 is 4.79 Å². The van der Waals surface area contributed by atoms with Gasteiger partial charge in [-0.1, -0.05) is 71.7 Å². The number of benzene rings is 3. The van der Waals surface area contributed by atoms with E-state index in [0.29, 0.717) is 15.6 Å². The first-order valence-corrected chi connectivity index (χ1v) is 8.13. The summed E-state index contributed by atoms with van der Waals surface area (Å²) in [5.74, 6) is -0.187. The highest BCUT2D eigenvalue weighted by Gasteiger charge is 2.06. The molecule has 1 amide bonds. The van der Waals surface area contributed by atoms with Crippen molar-refractivity contribution in [3.8, 4) is 0 Å². The molecule has 3 nitrogen and oxygen atoms in total. The molecule has 1 N–H and O–H groups in total. The van der Waals surface area contributed by atoms with E-state index in [0.717, 1.165) is 16.3 Å².